The number of nitrogens with zero attached hydrogens (tertiary/aromatic N) is 1. The molecule has 0 spiro atoms. The second kappa shape index (κ2) is 6.29. The molecule has 2 rings (SSSR count). The number of ketones is 1. The molecule has 0 amide bonds. The van der Waals surface area contributed by atoms with Gasteiger partial charge in [-0.05, 0) is 17.7 Å². The molecule has 2 aromatic rings. The number of benzene rings is 1. The number of nitrogens with two attached hydrogens (primary N) is 1. The summed E-state index contributed by atoms with van der Waals surface area (Å²) < 4.78 is 5.10. The van der Waals surface area contributed by atoms with E-state index in [9.17, 15) is 4.79 Å². The molecular formula is C15H15N3O2S. The molecular weight excluding hydrogens is 286 g/mol. The van der Waals surface area contributed by atoms with Crippen LogP contribution in [0.15, 0.2) is 24.3 Å². The van der Waals surface area contributed by atoms with Gasteiger partial charge in [-0.1, -0.05) is 12.1 Å². The summed E-state index contributed by atoms with van der Waals surface area (Å²) in [7, 11) is 1.62. The first kappa shape index (κ1) is 14.9. The molecule has 1 heterocycles. The number of methoxy groups -OCH3 is 1. The number of thiophene rings is 1. The Hall–Kier alpha value is -2.52. The number of anilines is 2. The second-order valence-electron chi connectivity index (χ2n) is 4.42. The van der Waals surface area contributed by atoms with Gasteiger partial charge in [-0.2, -0.15) is 5.26 Å². The summed E-state index contributed by atoms with van der Waals surface area (Å²) in [5.74, 6) is 0.655. The van der Waals surface area contributed by atoms with Crippen LogP contribution in [0, 0.1) is 11.3 Å². The average molecular weight is 301 g/mol. The Balaban J connectivity index is 2.17. The Bertz CT molecular complexity index is 699. The molecule has 0 saturated carbocycles. The largest absolute Gasteiger partial charge is 0.497 e. The Morgan fingerprint density at radius 3 is 2.62 bits per heavy atom. The van der Waals surface area contributed by atoms with E-state index in [1.807, 2.05) is 30.3 Å². The molecule has 0 radical (unpaired) electrons. The zero-order valence-corrected chi connectivity index (χ0v) is 12.6. The molecule has 0 unspecified atom stereocenters. The van der Waals surface area contributed by atoms with Gasteiger partial charge in [-0.15, -0.1) is 11.3 Å². The summed E-state index contributed by atoms with van der Waals surface area (Å²) in [6, 6.07) is 9.64. The molecule has 0 atom stereocenters. The van der Waals surface area contributed by atoms with Crippen LogP contribution in [0.1, 0.15) is 27.7 Å². The van der Waals surface area contributed by atoms with Gasteiger partial charge in [0, 0.05) is 13.5 Å². The van der Waals surface area contributed by atoms with E-state index in [-0.39, 0.29) is 11.5 Å². The highest BCUT2D eigenvalue weighted by molar-refractivity contribution is 7.18. The molecule has 0 saturated heterocycles. The van der Waals surface area contributed by atoms with Gasteiger partial charge in [-0.25, -0.2) is 0 Å². The molecule has 21 heavy (non-hydrogen) atoms. The maximum atomic E-state index is 11.5. The monoisotopic (exact) mass is 301 g/mol. The minimum Gasteiger partial charge on any atom is -0.497 e. The highest BCUT2D eigenvalue weighted by Gasteiger charge is 2.18. The summed E-state index contributed by atoms with van der Waals surface area (Å²) in [5, 5.41) is 12.9. The van der Waals surface area contributed by atoms with E-state index < -0.39 is 0 Å². The number of nitrogens with one attached hydrogen (secondary N) is 1. The van der Waals surface area contributed by atoms with E-state index in [4.69, 9.17) is 15.7 Å². The zero-order valence-electron chi connectivity index (χ0n) is 11.8. The quantitative estimate of drug-likeness (QED) is 0.829. The van der Waals surface area contributed by atoms with Crippen LogP contribution in [-0.4, -0.2) is 12.9 Å². The number of Topliss-reactive ketones (excluding diaryl/α,β-unsaturated/α-hetero) is 1. The van der Waals surface area contributed by atoms with E-state index in [2.05, 4.69) is 5.32 Å². The van der Waals surface area contributed by atoms with Crippen molar-refractivity contribution in [2.75, 3.05) is 18.2 Å². The van der Waals surface area contributed by atoms with Crippen LogP contribution in [0.25, 0.3) is 0 Å². The number of hydrogen-bond donors (Lipinski definition) is 2. The van der Waals surface area contributed by atoms with E-state index in [0.717, 1.165) is 11.3 Å². The second-order valence-corrected chi connectivity index (χ2v) is 5.44. The van der Waals surface area contributed by atoms with Gasteiger partial charge >= 0.3 is 0 Å². The van der Waals surface area contributed by atoms with Crippen molar-refractivity contribution in [3.05, 3.63) is 40.3 Å². The topological polar surface area (TPSA) is 88.1 Å². The van der Waals surface area contributed by atoms with Crippen LogP contribution in [0.3, 0.4) is 0 Å². The predicted octanol–water partition coefficient (Wildman–Crippen LogP) is 3.03. The molecule has 1 aromatic carbocycles. The van der Waals surface area contributed by atoms with Crippen molar-refractivity contribution < 1.29 is 9.53 Å². The number of carbonyl (C=O) groups excluding carboxylic acids is 1. The summed E-state index contributed by atoms with van der Waals surface area (Å²) >= 11 is 1.21. The van der Waals surface area contributed by atoms with Gasteiger partial charge in [-0.3, -0.25) is 4.79 Å². The Morgan fingerprint density at radius 2 is 2.10 bits per heavy atom. The standard InChI is InChI=1S/C15H15N3O2S/c1-9(19)14-13(17)12(7-16)15(21-14)18-8-10-3-5-11(20-2)6-4-10/h3-6,18H,8,17H2,1-2H3. The fourth-order valence-corrected chi connectivity index (χ4v) is 2.83. The third-order valence-corrected chi connectivity index (χ3v) is 4.25. The normalized spacial score (nSPS) is 9.95. The van der Waals surface area contributed by atoms with Crippen LogP contribution >= 0.6 is 11.3 Å². The fourth-order valence-electron chi connectivity index (χ4n) is 1.87. The molecule has 3 N–H and O–H groups in total. The molecule has 0 aliphatic carbocycles. The Labute approximate surface area is 127 Å². The molecule has 5 nitrogen and oxygen atoms in total. The number of rotatable bonds is 5. The lowest BCUT2D eigenvalue weighted by atomic mass is 10.2. The maximum Gasteiger partial charge on any atom is 0.171 e. The SMILES string of the molecule is COc1ccc(CNc2sc(C(C)=O)c(N)c2C#N)cc1. The average Bonchev–Trinajstić information content (AvgIpc) is 2.81. The maximum absolute atomic E-state index is 11.5. The van der Waals surface area contributed by atoms with Crippen molar-refractivity contribution in [3.63, 3.8) is 0 Å². The first-order chi connectivity index (χ1) is 10.1. The minimum atomic E-state index is -0.133. The third kappa shape index (κ3) is 3.15. The smallest absolute Gasteiger partial charge is 0.171 e. The van der Waals surface area contributed by atoms with Crippen molar-refractivity contribution in [1.29, 1.82) is 5.26 Å². The first-order valence-corrected chi connectivity index (χ1v) is 7.08. The lowest BCUT2D eigenvalue weighted by Gasteiger charge is -2.05. The van der Waals surface area contributed by atoms with E-state index >= 15 is 0 Å². The predicted molar refractivity (Wildman–Crippen MR) is 83.8 cm³/mol. The zero-order chi connectivity index (χ0) is 15.4. The highest BCUT2D eigenvalue weighted by atomic mass is 32.1. The van der Waals surface area contributed by atoms with E-state index in [0.29, 0.717) is 22.0 Å². The Kier molecular flexibility index (Phi) is 4.45. The van der Waals surface area contributed by atoms with Crippen LogP contribution in [-0.2, 0) is 6.54 Å². The summed E-state index contributed by atoms with van der Waals surface area (Å²) in [6.45, 7) is 1.98. The van der Waals surface area contributed by atoms with Gasteiger partial charge in [0.1, 0.15) is 22.4 Å². The first-order valence-electron chi connectivity index (χ1n) is 6.27. The molecule has 6 heteroatoms. The molecule has 108 valence electrons. The van der Waals surface area contributed by atoms with Gasteiger partial charge in [0.15, 0.2) is 5.78 Å². The Morgan fingerprint density at radius 1 is 1.43 bits per heavy atom. The lowest BCUT2D eigenvalue weighted by molar-refractivity contribution is 0.102. The van der Waals surface area contributed by atoms with Crippen LogP contribution in [0.5, 0.6) is 5.75 Å². The number of ether oxygens (including phenoxy) is 1. The van der Waals surface area contributed by atoms with Crippen molar-refractivity contribution in [3.8, 4) is 11.8 Å². The van der Waals surface area contributed by atoms with Gasteiger partial charge in [0.25, 0.3) is 0 Å². The lowest BCUT2D eigenvalue weighted by Crippen LogP contribution is -2.00. The highest BCUT2D eigenvalue weighted by Crippen LogP contribution is 2.35. The number of carbonyl (C=O) groups is 1. The van der Waals surface area contributed by atoms with Crippen molar-refractivity contribution in [1.82, 2.24) is 0 Å². The van der Waals surface area contributed by atoms with E-state index in [1.165, 1.54) is 18.3 Å². The van der Waals surface area contributed by atoms with Gasteiger partial charge in [0.05, 0.1) is 17.7 Å². The number of nitrogen functional groups attached to an aromatic ring is 1. The summed E-state index contributed by atoms with van der Waals surface area (Å²) in [4.78, 5) is 11.9. The molecule has 0 fully saturated rings. The van der Waals surface area contributed by atoms with Gasteiger partial charge in [0.2, 0.25) is 0 Å². The third-order valence-electron chi connectivity index (χ3n) is 2.99. The van der Waals surface area contributed by atoms with Gasteiger partial charge < -0.3 is 15.8 Å². The fraction of sp³-hybridized carbons (Fsp3) is 0.200. The van der Waals surface area contributed by atoms with E-state index in [1.54, 1.807) is 7.11 Å². The molecule has 0 bridgehead atoms. The van der Waals surface area contributed by atoms with Crippen LogP contribution in [0.4, 0.5) is 10.7 Å². The van der Waals surface area contributed by atoms with Crippen molar-refractivity contribution in [2.45, 2.75) is 13.5 Å². The van der Waals surface area contributed by atoms with Crippen molar-refractivity contribution in [2.24, 2.45) is 0 Å². The molecule has 1 aromatic heterocycles. The summed E-state index contributed by atoms with van der Waals surface area (Å²) in [6.07, 6.45) is 0. The number of hydrogen-bond acceptors (Lipinski definition) is 6. The van der Waals surface area contributed by atoms with Crippen molar-refractivity contribution >= 4 is 27.8 Å². The number of nitriles is 1. The summed E-state index contributed by atoms with van der Waals surface area (Å²) in [5.41, 5.74) is 7.46. The minimum absolute atomic E-state index is 0.133. The molecule has 0 aliphatic heterocycles. The molecule has 0 aliphatic rings. The van der Waals surface area contributed by atoms with Crippen LogP contribution < -0.4 is 15.8 Å². The van der Waals surface area contributed by atoms with Crippen LogP contribution in [0.2, 0.25) is 0 Å².